The molecule has 0 spiro atoms. The van der Waals surface area contributed by atoms with E-state index in [9.17, 15) is 9.59 Å². The Hall–Kier alpha value is -1.84. The van der Waals surface area contributed by atoms with E-state index in [0.29, 0.717) is 31.3 Å². The monoisotopic (exact) mass is 316 g/mol. The first-order valence-electron chi connectivity index (χ1n) is 8.58. The lowest BCUT2D eigenvalue weighted by molar-refractivity contribution is -0.145. The van der Waals surface area contributed by atoms with E-state index in [1.54, 1.807) is 0 Å². The van der Waals surface area contributed by atoms with Gasteiger partial charge < -0.3 is 9.47 Å². The third kappa shape index (κ3) is 4.12. The van der Waals surface area contributed by atoms with Crippen molar-refractivity contribution in [3.8, 4) is 5.75 Å². The van der Waals surface area contributed by atoms with Gasteiger partial charge in [0.15, 0.2) is 0 Å². The highest BCUT2D eigenvalue weighted by atomic mass is 16.5. The topological polar surface area (TPSA) is 52.6 Å². The fourth-order valence-electron chi connectivity index (χ4n) is 3.32. The van der Waals surface area contributed by atoms with E-state index in [1.807, 2.05) is 19.1 Å². The van der Waals surface area contributed by atoms with Gasteiger partial charge in [0, 0.05) is 18.8 Å². The van der Waals surface area contributed by atoms with E-state index in [0.717, 1.165) is 31.4 Å². The molecular weight excluding hydrogens is 292 g/mol. The Kier molecular flexibility index (Phi) is 4.99. The van der Waals surface area contributed by atoms with Gasteiger partial charge >= 0.3 is 5.97 Å². The van der Waals surface area contributed by atoms with Crippen molar-refractivity contribution >= 4 is 11.8 Å². The summed E-state index contributed by atoms with van der Waals surface area (Å²) in [7, 11) is 0. The molecule has 0 aliphatic heterocycles. The van der Waals surface area contributed by atoms with Crippen LogP contribution in [0.5, 0.6) is 5.75 Å². The first-order chi connectivity index (χ1) is 11.2. The zero-order valence-electron chi connectivity index (χ0n) is 13.6. The van der Waals surface area contributed by atoms with E-state index < -0.39 is 0 Å². The molecule has 2 aliphatic carbocycles. The number of rotatable bonds is 6. The number of carbonyl (C=O) groups excluding carboxylic acids is 2. The van der Waals surface area contributed by atoms with Gasteiger partial charge in [-0.3, -0.25) is 9.59 Å². The van der Waals surface area contributed by atoms with Crippen LogP contribution in [0.2, 0.25) is 0 Å². The highest BCUT2D eigenvalue weighted by molar-refractivity contribution is 5.80. The lowest BCUT2D eigenvalue weighted by atomic mass is 9.83. The van der Waals surface area contributed by atoms with Crippen molar-refractivity contribution < 1.29 is 19.1 Å². The van der Waals surface area contributed by atoms with Gasteiger partial charge in [-0.1, -0.05) is 12.1 Å². The van der Waals surface area contributed by atoms with Crippen molar-refractivity contribution in [1.29, 1.82) is 0 Å². The molecule has 0 aromatic heterocycles. The Labute approximate surface area is 137 Å². The van der Waals surface area contributed by atoms with Gasteiger partial charge in [-0.05, 0) is 49.8 Å². The summed E-state index contributed by atoms with van der Waals surface area (Å²) in [6.45, 7) is 2.83. The van der Waals surface area contributed by atoms with Gasteiger partial charge in [-0.15, -0.1) is 0 Å². The Bertz CT molecular complexity index is 563. The molecule has 23 heavy (non-hydrogen) atoms. The summed E-state index contributed by atoms with van der Waals surface area (Å²) in [5.74, 6) is 1.76. The highest BCUT2D eigenvalue weighted by Crippen LogP contribution is 2.40. The second-order valence-electron chi connectivity index (χ2n) is 6.57. The molecule has 1 aromatic carbocycles. The van der Waals surface area contributed by atoms with Crippen LogP contribution >= 0.6 is 0 Å². The second-order valence-corrected chi connectivity index (χ2v) is 6.57. The molecule has 0 radical (unpaired) electrons. The summed E-state index contributed by atoms with van der Waals surface area (Å²) in [6.07, 6.45) is 4.36. The molecule has 1 unspecified atom stereocenters. The Morgan fingerprint density at radius 1 is 1.26 bits per heavy atom. The van der Waals surface area contributed by atoms with E-state index in [4.69, 9.17) is 9.47 Å². The smallest absolute Gasteiger partial charge is 0.309 e. The van der Waals surface area contributed by atoms with Crippen LogP contribution in [0.15, 0.2) is 24.3 Å². The number of Topliss-reactive ketones (excluding diaryl/α,β-unsaturated/α-hetero) is 1. The predicted octanol–water partition coefficient (Wildman–Crippen LogP) is 3.49. The SMILES string of the molecule is CCOC(=O)[C@H]1C[C@@H]1COc1ccc(C2CCCC(=O)C2)cc1. The third-order valence-corrected chi connectivity index (χ3v) is 4.81. The molecule has 2 fully saturated rings. The number of carbonyl (C=O) groups is 2. The standard InChI is InChI=1S/C19H24O4/c1-2-22-19(21)18-11-15(18)12-23-17-8-6-13(7-9-17)14-4-3-5-16(20)10-14/h6-9,14-15,18H,2-5,10-12H2,1H3/t14?,15-,18+/m1/s1. The van der Waals surface area contributed by atoms with Crippen LogP contribution in [0.3, 0.4) is 0 Å². The molecule has 1 aromatic rings. The molecule has 0 heterocycles. The van der Waals surface area contributed by atoms with Crippen molar-refractivity contribution in [2.45, 2.75) is 44.9 Å². The molecular formula is C19H24O4. The number of hydrogen-bond acceptors (Lipinski definition) is 4. The largest absolute Gasteiger partial charge is 0.493 e. The number of ketones is 1. The van der Waals surface area contributed by atoms with E-state index in [1.165, 1.54) is 5.56 Å². The van der Waals surface area contributed by atoms with Crippen molar-refractivity contribution in [3.05, 3.63) is 29.8 Å². The molecule has 4 heteroatoms. The lowest BCUT2D eigenvalue weighted by Crippen LogP contribution is -2.13. The maximum absolute atomic E-state index is 11.6. The minimum Gasteiger partial charge on any atom is -0.493 e. The molecule has 2 saturated carbocycles. The second kappa shape index (κ2) is 7.16. The fourth-order valence-corrected chi connectivity index (χ4v) is 3.32. The summed E-state index contributed by atoms with van der Waals surface area (Å²) >= 11 is 0. The summed E-state index contributed by atoms with van der Waals surface area (Å²) in [5, 5.41) is 0. The number of benzene rings is 1. The van der Waals surface area contributed by atoms with Gasteiger partial charge in [0.25, 0.3) is 0 Å². The molecule has 3 rings (SSSR count). The fraction of sp³-hybridized carbons (Fsp3) is 0.579. The maximum Gasteiger partial charge on any atom is 0.309 e. The number of hydrogen-bond donors (Lipinski definition) is 0. The third-order valence-electron chi connectivity index (χ3n) is 4.81. The van der Waals surface area contributed by atoms with Crippen LogP contribution in [-0.2, 0) is 14.3 Å². The number of ether oxygens (including phenoxy) is 2. The molecule has 0 saturated heterocycles. The molecule has 3 atom stereocenters. The van der Waals surface area contributed by atoms with Crippen molar-refractivity contribution in [2.75, 3.05) is 13.2 Å². The quantitative estimate of drug-likeness (QED) is 0.754. The van der Waals surface area contributed by atoms with Crippen LogP contribution in [0.4, 0.5) is 0 Å². The summed E-state index contributed by atoms with van der Waals surface area (Å²) in [5.41, 5.74) is 1.22. The summed E-state index contributed by atoms with van der Waals surface area (Å²) < 4.78 is 10.8. The molecule has 0 bridgehead atoms. The van der Waals surface area contributed by atoms with E-state index >= 15 is 0 Å². The number of esters is 1. The maximum atomic E-state index is 11.6. The minimum absolute atomic E-state index is 0.0162. The summed E-state index contributed by atoms with van der Waals surface area (Å²) in [4.78, 5) is 23.1. The van der Waals surface area contributed by atoms with E-state index in [-0.39, 0.29) is 17.8 Å². The Morgan fingerprint density at radius 2 is 2.04 bits per heavy atom. The van der Waals surface area contributed by atoms with Gasteiger partial charge in [0.1, 0.15) is 11.5 Å². The minimum atomic E-state index is -0.0987. The van der Waals surface area contributed by atoms with E-state index in [2.05, 4.69) is 12.1 Å². The van der Waals surface area contributed by atoms with Gasteiger partial charge in [-0.25, -0.2) is 0 Å². The zero-order chi connectivity index (χ0) is 16.2. The normalized spacial score (nSPS) is 26.7. The average molecular weight is 316 g/mol. The van der Waals surface area contributed by atoms with Gasteiger partial charge in [0.2, 0.25) is 0 Å². The molecule has 2 aliphatic rings. The molecule has 0 N–H and O–H groups in total. The van der Waals surface area contributed by atoms with Crippen molar-refractivity contribution in [2.24, 2.45) is 11.8 Å². The lowest BCUT2D eigenvalue weighted by Gasteiger charge is -2.21. The van der Waals surface area contributed by atoms with Crippen molar-refractivity contribution in [1.82, 2.24) is 0 Å². The first-order valence-corrected chi connectivity index (χ1v) is 8.58. The van der Waals surface area contributed by atoms with Crippen LogP contribution in [0.25, 0.3) is 0 Å². The van der Waals surface area contributed by atoms with Crippen LogP contribution in [0, 0.1) is 11.8 Å². The zero-order valence-corrected chi connectivity index (χ0v) is 13.6. The van der Waals surface area contributed by atoms with Crippen molar-refractivity contribution in [3.63, 3.8) is 0 Å². The van der Waals surface area contributed by atoms with Crippen LogP contribution in [0.1, 0.15) is 50.5 Å². The summed E-state index contributed by atoms with van der Waals surface area (Å²) in [6, 6.07) is 8.06. The molecule has 124 valence electrons. The van der Waals surface area contributed by atoms with Gasteiger partial charge in [0.05, 0.1) is 19.1 Å². The predicted molar refractivity (Wildman–Crippen MR) is 86.4 cm³/mol. The van der Waals surface area contributed by atoms with Gasteiger partial charge in [-0.2, -0.15) is 0 Å². The Balaban J connectivity index is 1.47. The molecule has 0 amide bonds. The molecule has 4 nitrogen and oxygen atoms in total. The Morgan fingerprint density at radius 3 is 2.74 bits per heavy atom. The first kappa shape index (κ1) is 16.0. The highest BCUT2D eigenvalue weighted by Gasteiger charge is 2.44. The van der Waals surface area contributed by atoms with Crippen LogP contribution in [-0.4, -0.2) is 25.0 Å². The average Bonchev–Trinajstić information content (AvgIpc) is 3.33. The van der Waals surface area contributed by atoms with Crippen LogP contribution < -0.4 is 4.74 Å².